The molecule has 5 heteroatoms. The summed E-state index contributed by atoms with van der Waals surface area (Å²) >= 11 is 0. The maximum atomic E-state index is 12.3. The van der Waals surface area contributed by atoms with E-state index in [9.17, 15) is 9.59 Å². The summed E-state index contributed by atoms with van der Waals surface area (Å²) in [6.45, 7) is 10.6. The maximum Gasteiger partial charge on any atom is 0.328 e. The Balaban J connectivity index is 2.52. The van der Waals surface area contributed by atoms with Gasteiger partial charge in [-0.1, -0.05) is 95.2 Å². The predicted octanol–water partition coefficient (Wildman–Crippen LogP) is 5.89. The molecule has 0 atom stereocenters. The van der Waals surface area contributed by atoms with Gasteiger partial charge < -0.3 is 14.7 Å². The highest BCUT2D eigenvalue weighted by Crippen LogP contribution is 2.04. The Morgan fingerprint density at radius 3 is 1.71 bits per heavy atom. The van der Waals surface area contributed by atoms with Crippen LogP contribution in [-0.2, 0) is 14.3 Å². The van der Waals surface area contributed by atoms with Gasteiger partial charge in [0.05, 0.1) is 6.61 Å². The second kappa shape index (κ2) is 17.1. The molecule has 0 aliphatic carbocycles. The lowest BCUT2D eigenvalue weighted by Crippen LogP contribution is -2.31. The number of amides is 1. The quantitative estimate of drug-likeness (QED) is 0.324. The first-order valence-corrected chi connectivity index (χ1v) is 11.5. The van der Waals surface area contributed by atoms with Gasteiger partial charge in [-0.3, -0.25) is 4.79 Å². The molecule has 0 radical (unpaired) electrons. The number of carboxylic acids is 1. The molecule has 0 unspecified atom stereocenters. The fraction of sp³-hybridized carbons (Fsp3) is 0.310. The van der Waals surface area contributed by atoms with E-state index < -0.39 is 5.97 Å². The van der Waals surface area contributed by atoms with Crippen LogP contribution < -0.4 is 0 Å². The van der Waals surface area contributed by atoms with Crippen molar-refractivity contribution >= 4 is 11.9 Å². The number of carbonyl (C=O) groups is 2. The zero-order chi connectivity index (χ0) is 25.2. The van der Waals surface area contributed by atoms with E-state index in [1.807, 2.05) is 99.4 Å². The van der Waals surface area contributed by atoms with Crippen molar-refractivity contribution in [3.63, 3.8) is 0 Å². The van der Waals surface area contributed by atoms with Crippen molar-refractivity contribution in [3.05, 3.63) is 107 Å². The van der Waals surface area contributed by atoms with Gasteiger partial charge in [0, 0.05) is 31.8 Å². The number of ether oxygens (including phenoxy) is 1. The summed E-state index contributed by atoms with van der Waals surface area (Å²) in [5.74, 6) is -0.923. The Bertz CT molecular complexity index is 945. The smallest absolute Gasteiger partial charge is 0.328 e. The first-order chi connectivity index (χ1) is 16.3. The number of carboxylic acid groups (broad SMARTS) is 1. The second-order valence-corrected chi connectivity index (χ2v) is 8.04. The Morgan fingerprint density at radius 2 is 1.15 bits per heavy atom. The molecule has 1 fully saturated rings. The minimum absolute atomic E-state index is 0.0304. The number of hydrogen-bond donors (Lipinski definition) is 1. The molecule has 0 spiro atoms. The highest BCUT2D eigenvalue weighted by atomic mass is 16.5. The lowest BCUT2D eigenvalue weighted by molar-refractivity contribution is -0.131. The number of allylic oxidation sites excluding steroid dienone is 16. The molecule has 0 bridgehead atoms. The van der Waals surface area contributed by atoms with Gasteiger partial charge in [0.2, 0.25) is 5.91 Å². The standard InChI is InChI=1S/C29H37NO4/c1-24(10-5-6-11-25(2)13-8-15-27(4)17-19-29(32)33)12-7-14-26(3)16-18-28(31)30-20-9-22-34-23-21-30/h5-8,10-19H,9,20-23H2,1-4H3,(H,32,33)/b6-5+,12-7+,13-8+,18-16+,19-17+,24-10+,25-11+,26-14+,27-15-. The summed E-state index contributed by atoms with van der Waals surface area (Å²) in [7, 11) is 0. The number of hydrogen-bond acceptors (Lipinski definition) is 3. The summed E-state index contributed by atoms with van der Waals surface area (Å²) in [4.78, 5) is 24.6. The van der Waals surface area contributed by atoms with Gasteiger partial charge in [0.15, 0.2) is 0 Å². The lowest BCUT2D eigenvalue weighted by atomic mass is 10.2. The minimum Gasteiger partial charge on any atom is -0.478 e. The molecule has 1 heterocycles. The second-order valence-electron chi connectivity index (χ2n) is 8.04. The van der Waals surface area contributed by atoms with E-state index in [0.717, 1.165) is 47.9 Å². The normalized spacial score (nSPS) is 17.7. The molecule has 5 nitrogen and oxygen atoms in total. The number of nitrogens with zero attached hydrogens (tertiary/aromatic N) is 1. The highest BCUT2D eigenvalue weighted by molar-refractivity contribution is 5.88. The molecule has 0 saturated carbocycles. The molecule has 1 amide bonds. The third-order valence-electron chi connectivity index (χ3n) is 4.78. The topological polar surface area (TPSA) is 66.8 Å². The summed E-state index contributed by atoms with van der Waals surface area (Å²) < 4.78 is 5.39. The molecular weight excluding hydrogens is 426 g/mol. The van der Waals surface area contributed by atoms with Crippen LogP contribution in [-0.4, -0.2) is 48.2 Å². The number of rotatable bonds is 10. The fourth-order valence-electron chi connectivity index (χ4n) is 2.82. The largest absolute Gasteiger partial charge is 0.478 e. The van der Waals surface area contributed by atoms with Crippen LogP contribution in [0.1, 0.15) is 34.1 Å². The summed E-state index contributed by atoms with van der Waals surface area (Å²) in [6.07, 6.45) is 26.7. The molecule has 1 saturated heterocycles. The first-order valence-electron chi connectivity index (χ1n) is 11.5. The first kappa shape index (κ1) is 28.6. The van der Waals surface area contributed by atoms with Crippen molar-refractivity contribution in [1.29, 1.82) is 0 Å². The zero-order valence-electron chi connectivity index (χ0n) is 20.7. The Kier molecular flexibility index (Phi) is 14.4. The monoisotopic (exact) mass is 463 g/mol. The molecule has 182 valence electrons. The van der Waals surface area contributed by atoms with Crippen LogP contribution in [0, 0.1) is 0 Å². The highest BCUT2D eigenvalue weighted by Gasteiger charge is 2.12. The van der Waals surface area contributed by atoms with Crippen LogP contribution in [0.5, 0.6) is 0 Å². The third kappa shape index (κ3) is 14.6. The molecule has 0 aromatic rings. The van der Waals surface area contributed by atoms with Crippen LogP contribution in [0.2, 0.25) is 0 Å². The van der Waals surface area contributed by atoms with Crippen LogP contribution in [0.15, 0.2) is 107 Å². The van der Waals surface area contributed by atoms with E-state index in [-0.39, 0.29) is 5.91 Å². The van der Waals surface area contributed by atoms with E-state index in [1.54, 1.807) is 12.2 Å². The maximum absolute atomic E-state index is 12.3. The van der Waals surface area contributed by atoms with Crippen LogP contribution in [0.25, 0.3) is 0 Å². The SMILES string of the molecule is CC(=C/C=C/C(C)=C/C=C/C=C(C)/C=C/C=C(C)/C=C/C(=O)N1CCCOCC1)/C=C/C(=O)O. The van der Waals surface area contributed by atoms with Gasteiger partial charge in [-0.2, -0.15) is 0 Å². The Hall–Kier alpha value is -3.44. The van der Waals surface area contributed by atoms with Crippen molar-refractivity contribution in [2.24, 2.45) is 0 Å². The van der Waals surface area contributed by atoms with Gasteiger partial charge in [-0.15, -0.1) is 0 Å². The lowest BCUT2D eigenvalue weighted by Gasteiger charge is -2.17. The van der Waals surface area contributed by atoms with Crippen LogP contribution >= 0.6 is 0 Å². The molecule has 34 heavy (non-hydrogen) atoms. The van der Waals surface area contributed by atoms with E-state index in [0.29, 0.717) is 13.2 Å². The van der Waals surface area contributed by atoms with Crippen molar-refractivity contribution in [2.75, 3.05) is 26.3 Å². The molecule has 1 rings (SSSR count). The van der Waals surface area contributed by atoms with Gasteiger partial charge in [-0.05, 0) is 34.1 Å². The van der Waals surface area contributed by atoms with Gasteiger partial charge in [0.1, 0.15) is 0 Å². The van der Waals surface area contributed by atoms with Crippen LogP contribution in [0.4, 0.5) is 0 Å². The van der Waals surface area contributed by atoms with Crippen molar-refractivity contribution in [1.82, 2.24) is 4.90 Å². The van der Waals surface area contributed by atoms with Gasteiger partial charge in [-0.25, -0.2) is 4.79 Å². The minimum atomic E-state index is -0.953. The number of carbonyl (C=O) groups excluding carboxylic acids is 1. The Morgan fingerprint density at radius 1 is 0.647 bits per heavy atom. The van der Waals surface area contributed by atoms with E-state index in [1.165, 1.54) is 0 Å². The molecule has 0 aromatic heterocycles. The van der Waals surface area contributed by atoms with Gasteiger partial charge >= 0.3 is 5.97 Å². The third-order valence-corrected chi connectivity index (χ3v) is 4.78. The molecule has 1 aliphatic rings. The summed E-state index contributed by atoms with van der Waals surface area (Å²) in [6, 6.07) is 0. The Labute approximate surface area is 204 Å². The zero-order valence-corrected chi connectivity index (χ0v) is 20.7. The predicted molar refractivity (Wildman–Crippen MR) is 140 cm³/mol. The van der Waals surface area contributed by atoms with Crippen molar-refractivity contribution in [3.8, 4) is 0 Å². The average molecular weight is 464 g/mol. The van der Waals surface area contributed by atoms with E-state index >= 15 is 0 Å². The van der Waals surface area contributed by atoms with E-state index in [4.69, 9.17) is 9.84 Å². The van der Waals surface area contributed by atoms with Crippen molar-refractivity contribution < 1.29 is 19.4 Å². The average Bonchev–Trinajstić information content (AvgIpc) is 3.08. The summed E-state index contributed by atoms with van der Waals surface area (Å²) in [5, 5.41) is 8.62. The molecule has 1 aliphatic heterocycles. The van der Waals surface area contributed by atoms with Crippen LogP contribution in [0.3, 0.4) is 0 Å². The molecule has 0 aromatic carbocycles. The van der Waals surface area contributed by atoms with E-state index in [2.05, 4.69) is 0 Å². The fourth-order valence-corrected chi connectivity index (χ4v) is 2.82. The summed E-state index contributed by atoms with van der Waals surface area (Å²) in [5.41, 5.74) is 4.06. The number of aliphatic carboxylic acids is 1. The molecular formula is C29H37NO4. The van der Waals surface area contributed by atoms with Gasteiger partial charge in [0.25, 0.3) is 0 Å². The molecule has 1 N–H and O–H groups in total. The van der Waals surface area contributed by atoms with Crippen molar-refractivity contribution in [2.45, 2.75) is 34.1 Å².